The molecule has 1 amide bonds. The number of rotatable bonds is 4. The summed E-state index contributed by atoms with van der Waals surface area (Å²) in [6.07, 6.45) is 0. The maximum absolute atomic E-state index is 13.0. The van der Waals surface area contributed by atoms with Crippen LogP contribution in [0.25, 0.3) is 5.76 Å². The molecule has 3 aromatic carbocycles. The van der Waals surface area contributed by atoms with E-state index in [-0.39, 0.29) is 11.3 Å². The number of methoxy groups -OCH3 is 1. The molecule has 1 fully saturated rings. The maximum atomic E-state index is 13.0. The third-order valence-electron chi connectivity index (χ3n) is 5.02. The number of hydrogen-bond acceptors (Lipinski definition) is 4. The van der Waals surface area contributed by atoms with Crippen molar-refractivity contribution in [2.75, 3.05) is 12.0 Å². The molecule has 30 heavy (non-hydrogen) atoms. The summed E-state index contributed by atoms with van der Waals surface area (Å²) in [7, 11) is 1.46. The van der Waals surface area contributed by atoms with Gasteiger partial charge in [-0.2, -0.15) is 0 Å². The molecule has 0 aliphatic carbocycles. The van der Waals surface area contributed by atoms with E-state index in [0.717, 1.165) is 0 Å². The molecule has 3 aromatic rings. The van der Waals surface area contributed by atoms with E-state index in [4.69, 9.17) is 16.3 Å². The minimum atomic E-state index is -0.768. The van der Waals surface area contributed by atoms with Gasteiger partial charge in [-0.15, -0.1) is 0 Å². The summed E-state index contributed by atoms with van der Waals surface area (Å²) in [6.45, 7) is 0. The molecule has 5 nitrogen and oxygen atoms in total. The molecule has 0 aromatic heterocycles. The predicted octanol–water partition coefficient (Wildman–Crippen LogP) is 4.97. The lowest BCUT2D eigenvalue weighted by molar-refractivity contribution is -0.132. The number of anilines is 1. The summed E-state index contributed by atoms with van der Waals surface area (Å²) in [6, 6.07) is 22.0. The normalized spacial score (nSPS) is 17.9. The highest BCUT2D eigenvalue weighted by Gasteiger charge is 2.46. The van der Waals surface area contributed by atoms with Crippen molar-refractivity contribution in [3.8, 4) is 5.75 Å². The average molecular weight is 420 g/mol. The van der Waals surface area contributed by atoms with E-state index in [1.165, 1.54) is 18.1 Å². The van der Waals surface area contributed by atoms with Crippen molar-refractivity contribution in [1.82, 2.24) is 0 Å². The van der Waals surface area contributed by atoms with Gasteiger partial charge in [-0.1, -0.05) is 60.1 Å². The zero-order valence-electron chi connectivity index (χ0n) is 16.1. The Kier molecular flexibility index (Phi) is 5.29. The molecule has 0 bridgehead atoms. The second-order valence-electron chi connectivity index (χ2n) is 6.76. The fourth-order valence-corrected chi connectivity index (χ4v) is 3.80. The maximum Gasteiger partial charge on any atom is 0.300 e. The van der Waals surface area contributed by atoms with Crippen LogP contribution < -0.4 is 9.64 Å². The summed E-state index contributed by atoms with van der Waals surface area (Å²) in [5.41, 5.74) is 1.63. The van der Waals surface area contributed by atoms with Crippen molar-refractivity contribution in [3.05, 3.63) is 101 Å². The van der Waals surface area contributed by atoms with Gasteiger partial charge in [-0.05, 0) is 35.9 Å². The van der Waals surface area contributed by atoms with Crippen molar-refractivity contribution in [2.45, 2.75) is 6.04 Å². The number of hydrogen-bond donors (Lipinski definition) is 1. The molecule has 1 saturated heterocycles. The lowest BCUT2D eigenvalue weighted by Gasteiger charge is -2.25. The Morgan fingerprint density at radius 2 is 1.60 bits per heavy atom. The van der Waals surface area contributed by atoms with Gasteiger partial charge in [0.25, 0.3) is 11.7 Å². The van der Waals surface area contributed by atoms with E-state index in [9.17, 15) is 14.7 Å². The second-order valence-corrected chi connectivity index (χ2v) is 7.17. The first-order chi connectivity index (χ1) is 14.5. The van der Waals surface area contributed by atoms with Gasteiger partial charge in [0.1, 0.15) is 11.5 Å². The summed E-state index contributed by atoms with van der Waals surface area (Å²) in [5.74, 6) is -1.37. The van der Waals surface area contributed by atoms with E-state index >= 15 is 0 Å². The third kappa shape index (κ3) is 3.33. The molecule has 1 aliphatic rings. The van der Waals surface area contributed by atoms with Crippen LogP contribution in [-0.2, 0) is 9.59 Å². The number of carbonyl (C=O) groups excluding carboxylic acids is 2. The molecule has 1 unspecified atom stereocenters. The summed E-state index contributed by atoms with van der Waals surface area (Å²) in [5, 5.41) is 11.5. The van der Waals surface area contributed by atoms with Gasteiger partial charge in [-0.3, -0.25) is 14.5 Å². The Bertz CT molecular complexity index is 1140. The fourth-order valence-electron chi connectivity index (χ4n) is 3.60. The number of ether oxygens (including phenoxy) is 1. The molecule has 6 heteroatoms. The quantitative estimate of drug-likeness (QED) is 0.368. The van der Waals surface area contributed by atoms with Crippen LogP contribution >= 0.6 is 11.6 Å². The van der Waals surface area contributed by atoms with Crippen LogP contribution in [0.5, 0.6) is 5.75 Å². The Morgan fingerprint density at radius 1 is 0.967 bits per heavy atom. The molecule has 0 spiro atoms. The number of ketones is 1. The highest BCUT2D eigenvalue weighted by molar-refractivity contribution is 6.51. The van der Waals surface area contributed by atoms with Gasteiger partial charge < -0.3 is 9.84 Å². The van der Waals surface area contributed by atoms with Gasteiger partial charge in [0.05, 0.1) is 23.7 Å². The highest BCUT2D eigenvalue weighted by Crippen LogP contribution is 2.42. The van der Waals surface area contributed by atoms with Gasteiger partial charge in [-0.25, -0.2) is 0 Å². The lowest BCUT2D eigenvalue weighted by atomic mass is 9.95. The number of benzene rings is 3. The van der Waals surface area contributed by atoms with Gasteiger partial charge in [0.15, 0.2) is 0 Å². The number of aliphatic hydroxyl groups is 1. The van der Waals surface area contributed by atoms with Crippen LogP contribution in [0, 0.1) is 0 Å². The fraction of sp³-hybridized carbons (Fsp3) is 0.0833. The van der Waals surface area contributed by atoms with Gasteiger partial charge in [0.2, 0.25) is 0 Å². The van der Waals surface area contributed by atoms with Crippen LogP contribution in [0.3, 0.4) is 0 Å². The lowest BCUT2D eigenvalue weighted by Crippen LogP contribution is -2.29. The number of halogens is 1. The number of Topliss-reactive ketones (excluding diaryl/α,β-unsaturated/α-hetero) is 1. The molecule has 150 valence electrons. The first kappa shape index (κ1) is 19.7. The largest absolute Gasteiger partial charge is 0.507 e. The van der Waals surface area contributed by atoms with E-state index in [1.807, 2.05) is 36.4 Å². The second kappa shape index (κ2) is 8.05. The molecule has 1 N–H and O–H groups in total. The minimum Gasteiger partial charge on any atom is -0.507 e. The summed E-state index contributed by atoms with van der Waals surface area (Å²) < 4.78 is 5.22. The Labute approximate surface area is 178 Å². The SMILES string of the molecule is COc1cc(/C(O)=C2/C(=O)C(=O)N(c3ccccc3)C2c2ccccc2)ccc1Cl. The van der Waals surface area contributed by atoms with Crippen LogP contribution in [-0.4, -0.2) is 23.9 Å². The average Bonchev–Trinajstić information content (AvgIpc) is 3.05. The van der Waals surface area contributed by atoms with Crippen molar-refractivity contribution >= 4 is 34.7 Å². The number of para-hydroxylation sites is 1. The van der Waals surface area contributed by atoms with Crippen LogP contribution in [0.2, 0.25) is 5.02 Å². The van der Waals surface area contributed by atoms with Crippen molar-refractivity contribution in [3.63, 3.8) is 0 Å². The van der Waals surface area contributed by atoms with Crippen LogP contribution in [0.1, 0.15) is 17.2 Å². The monoisotopic (exact) mass is 419 g/mol. The molecular weight excluding hydrogens is 402 g/mol. The zero-order valence-corrected chi connectivity index (χ0v) is 16.8. The van der Waals surface area contributed by atoms with Gasteiger partial charge in [0, 0.05) is 11.3 Å². The topological polar surface area (TPSA) is 66.8 Å². The van der Waals surface area contributed by atoms with E-state index in [2.05, 4.69) is 0 Å². The molecule has 1 aliphatic heterocycles. The Balaban J connectivity index is 1.94. The molecule has 0 radical (unpaired) electrons. The third-order valence-corrected chi connectivity index (χ3v) is 5.33. The van der Waals surface area contributed by atoms with Crippen LogP contribution in [0.4, 0.5) is 5.69 Å². The minimum absolute atomic E-state index is 0.0134. The molecule has 0 saturated carbocycles. The molecule has 1 atom stereocenters. The number of carbonyl (C=O) groups is 2. The van der Waals surface area contributed by atoms with Crippen LogP contribution in [0.15, 0.2) is 84.4 Å². The Hall–Kier alpha value is -3.57. The van der Waals surface area contributed by atoms with E-state index < -0.39 is 17.7 Å². The molecule has 4 rings (SSSR count). The highest BCUT2D eigenvalue weighted by atomic mass is 35.5. The van der Waals surface area contributed by atoms with Gasteiger partial charge >= 0.3 is 0 Å². The summed E-state index contributed by atoms with van der Waals surface area (Å²) in [4.78, 5) is 27.5. The first-order valence-electron chi connectivity index (χ1n) is 9.28. The van der Waals surface area contributed by atoms with Crippen molar-refractivity contribution in [2.24, 2.45) is 0 Å². The Morgan fingerprint density at radius 3 is 2.23 bits per heavy atom. The standard InChI is InChI=1S/C24H18ClNO4/c1-30-19-14-16(12-13-18(19)25)22(27)20-21(15-8-4-2-5-9-15)26(24(29)23(20)28)17-10-6-3-7-11-17/h2-14,21,27H,1H3/b22-20-. The number of amides is 1. The zero-order chi connectivity index (χ0) is 21.3. The first-order valence-corrected chi connectivity index (χ1v) is 9.65. The molecule has 1 heterocycles. The van der Waals surface area contributed by atoms with Crippen molar-refractivity contribution in [1.29, 1.82) is 0 Å². The summed E-state index contributed by atoms with van der Waals surface area (Å²) >= 11 is 6.09. The van der Waals surface area contributed by atoms with Crippen molar-refractivity contribution < 1.29 is 19.4 Å². The smallest absolute Gasteiger partial charge is 0.300 e. The van der Waals surface area contributed by atoms with E-state index in [1.54, 1.807) is 36.4 Å². The van der Waals surface area contributed by atoms with E-state index in [0.29, 0.717) is 27.6 Å². The number of nitrogens with zero attached hydrogens (tertiary/aromatic N) is 1. The number of aliphatic hydroxyl groups excluding tert-OH is 1. The predicted molar refractivity (Wildman–Crippen MR) is 116 cm³/mol. The molecular formula is C24H18ClNO4.